The molecule has 1 rings (SSSR count). The molecule has 0 radical (unpaired) electrons. The first-order chi connectivity index (χ1) is 6.93. The molecule has 0 aliphatic rings. The lowest BCUT2D eigenvalue weighted by Crippen LogP contribution is -2.11. The minimum Gasteiger partial charge on any atom is -0.303 e. The van der Waals surface area contributed by atoms with Gasteiger partial charge in [-0.15, -0.1) is 6.42 Å². The first kappa shape index (κ1) is 13.1. The van der Waals surface area contributed by atoms with Gasteiger partial charge in [0.25, 0.3) is 0 Å². The van der Waals surface area contributed by atoms with Crippen molar-refractivity contribution in [1.82, 2.24) is 5.32 Å². The van der Waals surface area contributed by atoms with Gasteiger partial charge in [-0.3, -0.25) is 0 Å². The lowest BCUT2D eigenvalue weighted by atomic mass is 10.2. The zero-order valence-corrected chi connectivity index (χ0v) is 9.60. The van der Waals surface area contributed by atoms with E-state index in [1.165, 1.54) is 17.3 Å². The van der Waals surface area contributed by atoms with Gasteiger partial charge in [-0.25, -0.2) is 0 Å². The molecule has 0 aromatic heterocycles. The highest BCUT2D eigenvalue weighted by Gasteiger charge is 1.88. The van der Waals surface area contributed by atoms with Crippen LogP contribution in [0.3, 0.4) is 0 Å². The second kappa shape index (κ2) is 10.2. The molecule has 1 aromatic rings. The smallest absolute Gasteiger partial charge is 0.0545 e. The van der Waals surface area contributed by atoms with E-state index in [4.69, 9.17) is 6.42 Å². The third-order valence-corrected chi connectivity index (χ3v) is 1.94. The summed E-state index contributed by atoms with van der Waals surface area (Å²) in [6, 6.07) is 10.3. The highest BCUT2D eigenvalue weighted by atomic mass is 32.2. The van der Waals surface area contributed by atoms with Crippen LogP contribution in [0.25, 0.3) is 0 Å². The van der Waals surface area contributed by atoms with E-state index in [0.29, 0.717) is 0 Å². The Bertz CT molecular complexity index is 251. The Hall–Kier alpha value is -0.910. The van der Waals surface area contributed by atoms with E-state index in [9.17, 15) is 0 Å². The molecule has 0 aliphatic heterocycles. The molecule has 1 N–H and O–H groups in total. The van der Waals surface area contributed by atoms with Gasteiger partial charge >= 0.3 is 0 Å². The quantitative estimate of drug-likeness (QED) is 0.462. The van der Waals surface area contributed by atoms with Crippen molar-refractivity contribution in [3.63, 3.8) is 0 Å². The number of nitrogens with one attached hydrogen (secondary N) is 1. The summed E-state index contributed by atoms with van der Waals surface area (Å²) in [6.45, 7) is 4.88. The van der Waals surface area contributed by atoms with Gasteiger partial charge in [0.2, 0.25) is 0 Å². The van der Waals surface area contributed by atoms with Crippen molar-refractivity contribution < 1.29 is 0 Å². The van der Waals surface area contributed by atoms with Crippen molar-refractivity contribution in [2.45, 2.75) is 20.4 Å². The molecule has 76 valence electrons. The van der Waals surface area contributed by atoms with Crippen molar-refractivity contribution in [3.05, 3.63) is 35.9 Å². The normalized spacial score (nSPS) is 8.36. The van der Waals surface area contributed by atoms with E-state index in [1.807, 2.05) is 32.0 Å². The molecule has 0 aliphatic carbocycles. The van der Waals surface area contributed by atoms with E-state index >= 15 is 0 Å². The highest BCUT2D eigenvalue weighted by molar-refractivity contribution is 8.03. The molecule has 0 saturated carbocycles. The van der Waals surface area contributed by atoms with E-state index in [2.05, 4.69) is 22.7 Å². The van der Waals surface area contributed by atoms with Crippen LogP contribution in [-0.2, 0) is 6.54 Å². The summed E-state index contributed by atoms with van der Waals surface area (Å²) in [5, 5.41) is 5.73. The average Bonchev–Trinajstić information content (AvgIpc) is 2.29. The number of benzene rings is 1. The lowest BCUT2D eigenvalue weighted by molar-refractivity contribution is 0.798. The van der Waals surface area contributed by atoms with E-state index in [1.54, 1.807) is 0 Å². The van der Waals surface area contributed by atoms with Crippen molar-refractivity contribution in [1.29, 1.82) is 0 Å². The molecule has 0 bridgehead atoms. The number of hydrogen-bond acceptors (Lipinski definition) is 2. The van der Waals surface area contributed by atoms with Crippen molar-refractivity contribution in [2.75, 3.05) is 5.88 Å². The fourth-order valence-corrected chi connectivity index (χ4v) is 1.17. The Labute approximate surface area is 91.3 Å². The average molecular weight is 207 g/mol. The first-order valence-electron chi connectivity index (χ1n) is 4.75. The second-order valence-corrected chi connectivity index (χ2v) is 3.13. The van der Waals surface area contributed by atoms with Gasteiger partial charge in [0, 0.05) is 6.54 Å². The van der Waals surface area contributed by atoms with Gasteiger partial charge in [-0.1, -0.05) is 55.9 Å². The van der Waals surface area contributed by atoms with Gasteiger partial charge < -0.3 is 5.32 Å². The van der Waals surface area contributed by atoms with E-state index in [-0.39, 0.29) is 0 Å². The maximum absolute atomic E-state index is 5.08. The molecular weight excluding hydrogens is 190 g/mol. The van der Waals surface area contributed by atoms with Gasteiger partial charge in [-0.05, 0) is 10.8 Å². The summed E-state index contributed by atoms with van der Waals surface area (Å²) in [5.41, 5.74) is 1.29. The second-order valence-electron chi connectivity index (χ2n) is 2.32. The van der Waals surface area contributed by atoms with Crippen molar-refractivity contribution in [2.24, 2.45) is 0 Å². The number of thioether (sulfide) groups is 1. The van der Waals surface area contributed by atoms with Crippen molar-refractivity contribution in [3.8, 4) is 11.7 Å². The van der Waals surface area contributed by atoms with E-state index < -0.39 is 0 Å². The highest BCUT2D eigenvalue weighted by Crippen LogP contribution is 1.98. The Morgan fingerprint density at radius 1 is 1.29 bits per heavy atom. The Morgan fingerprint density at radius 2 is 1.93 bits per heavy atom. The first-order valence-corrected chi connectivity index (χ1v) is 5.74. The molecule has 0 saturated heterocycles. The summed E-state index contributed by atoms with van der Waals surface area (Å²) < 4.78 is 0. The molecule has 0 fully saturated rings. The van der Waals surface area contributed by atoms with Crippen LogP contribution in [0.15, 0.2) is 30.3 Å². The molecule has 0 amide bonds. The van der Waals surface area contributed by atoms with Gasteiger partial charge in [0.05, 0.1) is 5.88 Å². The third kappa shape index (κ3) is 6.59. The lowest BCUT2D eigenvalue weighted by Gasteiger charge is -2.00. The number of terminal acetylenes is 1. The molecule has 2 heteroatoms. The van der Waals surface area contributed by atoms with Crippen LogP contribution in [0, 0.1) is 11.7 Å². The molecular formula is C12H17NS. The monoisotopic (exact) mass is 207 g/mol. The van der Waals surface area contributed by atoms with Crippen molar-refractivity contribution >= 4 is 11.8 Å². The Morgan fingerprint density at radius 3 is 2.50 bits per heavy atom. The molecule has 1 nitrogen and oxygen atoms in total. The SMILES string of the molecule is C#CSCNCc1ccccc1.CC. The number of rotatable bonds is 4. The number of hydrogen-bond donors (Lipinski definition) is 1. The van der Waals surface area contributed by atoms with Gasteiger partial charge in [0.1, 0.15) is 0 Å². The fraction of sp³-hybridized carbons (Fsp3) is 0.333. The summed E-state index contributed by atoms with van der Waals surface area (Å²) in [6.07, 6.45) is 5.08. The third-order valence-electron chi connectivity index (χ3n) is 1.43. The summed E-state index contributed by atoms with van der Waals surface area (Å²) in [4.78, 5) is 0. The predicted molar refractivity (Wildman–Crippen MR) is 65.9 cm³/mol. The molecule has 0 atom stereocenters. The van der Waals surface area contributed by atoms with Gasteiger partial charge in [0.15, 0.2) is 0 Å². The predicted octanol–water partition coefficient (Wildman–Crippen LogP) is 3.08. The topological polar surface area (TPSA) is 12.0 Å². The van der Waals surface area contributed by atoms with Crippen LogP contribution in [-0.4, -0.2) is 5.88 Å². The van der Waals surface area contributed by atoms with Crippen LogP contribution in [0.4, 0.5) is 0 Å². The maximum Gasteiger partial charge on any atom is 0.0545 e. The zero-order valence-electron chi connectivity index (χ0n) is 8.79. The standard InChI is InChI=1S/C10H11NS.C2H6/c1-2-12-9-11-8-10-6-4-3-5-7-10;1-2/h1,3-7,11H,8-9H2;1-2H3. The molecule has 0 unspecified atom stereocenters. The zero-order chi connectivity index (χ0) is 10.6. The van der Waals surface area contributed by atoms with E-state index in [0.717, 1.165) is 12.4 Å². The molecule has 0 spiro atoms. The summed E-state index contributed by atoms with van der Waals surface area (Å²) >= 11 is 1.44. The van der Waals surface area contributed by atoms with Crippen LogP contribution >= 0.6 is 11.8 Å². The Balaban J connectivity index is 0.000000791. The molecule has 14 heavy (non-hydrogen) atoms. The summed E-state index contributed by atoms with van der Waals surface area (Å²) in [7, 11) is 0. The molecule has 0 heterocycles. The van der Waals surface area contributed by atoms with Crippen LogP contribution in [0.1, 0.15) is 19.4 Å². The fourth-order valence-electron chi connectivity index (χ4n) is 0.884. The maximum atomic E-state index is 5.08. The minimum absolute atomic E-state index is 0.811. The van der Waals surface area contributed by atoms with Crippen LogP contribution in [0.5, 0.6) is 0 Å². The minimum atomic E-state index is 0.811. The van der Waals surface area contributed by atoms with Crippen LogP contribution < -0.4 is 5.32 Å². The molecule has 1 aromatic carbocycles. The largest absolute Gasteiger partial charge is 0.303 e. The Kier molecular flexibility index (Phi) is 9.51. The van der Waals surface area contributed by atoms with Gasteiger partial charge in [-0.2, -0.15) is 0 Å². The van der Waals surface area contributed by atoms with Crippen LogP contribution in [0.2, 0.25) is 0 Å². The summed E-state index contributed by atoms with van der Waals surface area (Å²) in [5.74, 6) is 0.811.